The number of carbonyl (C=O) groups is 1. The van der Waals surface area contributed by atoms with Gasteiger partial charge < -0.3 is 10.1 Å². The molecule has 1 N–H and O–H groups in total. The number of carbonyl (C=O) groups excluding carboxylic acids is 1. The Morgan fingerprint density at radius 2 is 2.23 bits per heavy atom. The van der Waals surface area contributed by atoms with Crippen LogP contribution >= 0.6 is 11.8 Å². The summed E-state index contributed by atoms with van der Waals surface area (Å²) in [6.45, 7) is 4.51. The van der Waals surface area contributed by atoms with Gasteiger partial charge in [-0.1, -0.05) is 30.8 Å². The molecule has 0 spiro atoms. The fourth-order valence-corrected chi connectivity index (χ4v) is 2.64. The summed E-state index contributed by atoms with van der Waals surface area (Å²) < 4.78 is 6.90. The fourth-order valence-electron chi connectivity index (χ4n) is 1.81. The number of nitrogens with one attached hydrogen (secondary N) is 1. The van der Waals surface area contributed by atoms with E-state index in [1.807, 2.05) is 38.1 Å². The van der Waals surface area contributed by atoms with Gasteiger partial charge in [0.05, 0.1) is 12.4 Å². The molecule has 0 aliphatic rings. The molecule has 0 saturated carbocycles. The average Bonchev–Trinajstić information content (AvgIpc) is 3.00. The van der Waals surface area contributed by atoms with Gasteiger partial charge in [0, 0.05) is 6.54 Å². The van der Waals surface area contributed by atoms with Crippen LogP contribution in [-0.4, -0.2) is 45.0 Å². The van der Waals surface area contributed by atoms with E-state index in [2.05, 4.69) is 20.8 Å². The first-order valence-corrected chi connectivity index (χ1v) is 7.91. The Hall–Kier alpha value is -2.09. The molecule has 0 aliphatic heterocycles. The second-order valence-electron chi connectivity index (χ2n) is 4.60. The van der Waals surface area contributed by atoms with Crippen molar-refractivity contribution in [1.29, 1.82) is 0 Å². The molecule has 1 aromatic carbocycles. The largest absolute Gasteiger partial charge is 0.494 e. The lowest BCUT2D eigenvalue weighted by molar-refractivity contribution is -0.120. The van der Waals surface area contributed by atoms with E-state index in [0.29, 0.717) is 17.5 Å². The van der Waals surface area contributed by atoms with Crippen LogP contribution in [0.2, 0.25) is 0 Å². The van der Waals surface area contributed by atoms with Crippen LogP contribution in [0.5, 0.6) is 5.75 Å². The smallest absolute Gasteiger partial charge is 0.233 e. The van der Waals surface area contributed by atoms with Crippen molar-refractivity contribution in [3.8, 4) is 11.4 Å². The van der Waals surface area contributed by atoms with Crippen molar-refractivity contribution in [2.75, 3.05) is 13.7 Å². The van der Waals surface area contributed by atoms with E-state index in [-0.39, 0.29) is 11.2 Å². The average molecular weight is 321 g/mol. The summed E-state index contributed by atoms with van der Waals surface area (Å²) in [5.41, 5.74) is 0.735. The number of ether oxygens (including phenoxy) is 1. The lowest BCUT2D eigenvalue weighted by Gasteiger charge is -2.12. The Morgan fingerprint density at radius 3 is 2.95 bits per heavy atom. The van der Waals surface area contributed by atoms with Gasteiger partial charge in [-0.3, -0.25) is 4.79 Å². The molecule has 0 aliphatic carbocycles. The highest BCUT2D eigenvalue weighted by molar-refractivity contribution is 8.00. The van der Waals surface area contributed by atoms with E-state index in [1.54, 1.807) is 11.8 Å². The SMILES string of the molecule is CCCNC(=O)C(C)Sc1nnnn1-c1ccccc1OC. The Kier molecular flexibility index (Phi) is 5.76. The molecule has 1 aromatic heterocycles. The zero-order chi connectivity index (χ0) is 15.9. The third kappa shape index (κ3) is 3.76. The van der Waals surface area contributed by atoms with Crippen LogP contribution in [-0.2, 0) is 4.79 Å². The third-order valence-corrected chi connectivity index (χ3v) is 3.99. The number of para-hydroxylation sites is 2. The van der Waals surface area contributed by atoms with Crippen LogP contribution in [0.1, 0.15) is 20.3 Å². The summed E-state index contributed by atoms with van der Waals surface area (Å²) in [4.78, 5) is 12.0. The van der Waals surface area contributed by atoms with Crippen molar-refractivity contribution in [1.82, 2.24) is 25.5 Å². The number of tetrazole rings is 1. The molecule has 2 aromatic rings. The fraction of sp³-hybridized carbons (Fsp3) is 0.429. The van der Waals surface area contributed by atoms with E-state index < -0.39 is 0 Å². The third-order valence-electron chi connectivity index (χ3n) is 2.95. The number of thioether (sulfide) groups is 1. The van der Waals surface area contributed by atoms with Crippen molar-refractivity contribution in [2.24, 2.45) is 0 Å². The predicted octanol–water partition coefficient (Wildman–Crippen LogP) is 1.68. The zero-order valence-electron chi connectivity index (χ0n) is 12.8. The van der Waals surface area contributed by atoms with Crippen molar-refractivity contribution in [2.45, 2.75) is 30.7 Å². The quantitative estimate of drug-likeness (QED) is 0.781. The second kappa shape index (κ2) is 7.79. The van der Waals surface area contributed by atoms with Gasteiger partial charge in [-0.25, -0.2) is 0 Å². The number of aromatic nitrogens is 4. The van der Waals surface area contributed by atoms with Gasteiger partial charge in [-0.15, -0.1) is 5.10 Å². The number of hydrogen-bond acceptors (Lipinski definition) is 6. The first-order valence-electron chi connectivity index (χ1n) is 7.03. The first-order chi connectivity index (χ1) is 10.7. The van der Waals surface area contributed by atoms with Crippen LogP contribution < -0.4 is 10.1 Å². The van der Waals surface area contributed by atoms with Crippen LogP contribution in [0.15, 0.2) is 29.4 Å². The number of nitrogens with zero attached hydrogens (tertiary/aromatic N) is 4. The highest BCUT2D eigenvalue weighted by atomic mass is 32.2. The Labute approximate surface area is 133 Å². The second-order valence-corrected chi connectivity index (χ2v) is 5.90. The molecule has 0 bridgehead atoms. The van der Waals surface area contributed by atoms with Crippen molar-refractivity contribution >= 4 is 17.7 Å². The molecule has 0 fully saturated rings. The highest BCUT2D eigenvalue weighted by Gasteiger charge is 2.20. The van der Waals surface area contributed by atoms with Gasteiger partial charge >= 0.3 is 0 Å². The summed E-state index contributed by atoms with van der Waals surface area (Å²) in [5.74, 6) is 0.640. The van der Waals surface area contributed by atoms with Crippen molar-refractivity contribution < 1.29 is 9.53 Å². The van der Waals surface area contributed by atoms with Gasteiger partial charge in [0.2, 0.25) is 11.1 Å². The number of amides is 1. The molecule has 7 nitrogen and oxygen atoms in total. The Balaban J connectivity index is 2.18. The minimum absolute atomic E-state index is 0.0265. The summed E-state index contributed by atoms with van der Waals surface area (Å²) in [7, 11) is 1.59. The molecule has 0 saturated heterocycles. The highest BCUT2D eigenvalue weighted by Crippen LogP contribution is 2.27. The number of methoxy groups -OCH3 is 1. The van der Waals surface area contributed by atoms with Gasteiger partial charge in [0.25, 0.3) is 0 Å². The Bertz CT molecular complexity index is 631. The van der Waals surface area contributed by atoms with Crippen LogP contribution in [0, 0.1) is 0 Å². The lowest BCUT2D eigenvalue weighted by atomic mass is 10.3. The van der Waals surface area contributed by atoms with Gasteiger partial charge in [-0.2, -0.15) is 4.68 Å². The topological polar surface area (TPSA) is 81.9 Å². The minimum Gasteiger partial charge on any atom is -0.494 e. The summed E-state index contributed by atoms with van der Waals surface area (Å²) >= 11 is 1.31. The van der Waals surface area contributed by atoms with Gasteiger partial charge in [0.15, 0.2) is 0 Å². The molecule has 22 heavy (non-hydrogen) atoms. The summed E-state index contributed by atoms with van der Waals surface area (Å²) in [6, 6.07) is 7.45. The van der Waals surface area contributed by atoms with Crippen molar-refractivity contribution in [3.63, 3.8) is 0 Å². The van der Waals surface area contributed by atoms with Gasteiger partial charge in [0.1, 0.15) is 11.4 Å². The molecule has 1 atom stereocenters. The van der Waals surface area contributed by atoms with Gasteiger partial charge in [-0.05, 0) is 35.9 Å². The monoisotopic (exact) mass is 321 g/mol. The van der Waals surface area contributed by atoms with E-state index in [1.165, 1.54) is 11.8 Å². The summed E-state index contributed by atoms with van der Waals surface area (Å²) in [5, 5.41) is 14.8. The van der Waals surface area contributed by atoms with Crippen LogP contribution in [0.25, 0.3) is 5.69 Å². The normalized spacial score (nSPS) is 12.0. The van der Waals surface area contributed by atoms with Crippen LogP contribution in [0.4, 0.5) is 0 Å². The minimum atomic E-state index is -0.286. The van der Waals surface area contributed by atoms with E-state index in [0.717, 1.165) is 12.1 Å². The molecule has 0 radical (unpaired) electrons. The first kappa shape index (κ1) is 16.3. The van der Waals surface area contributed by atoms with Crippen LogP contribution in [0.3, 0.4) is 0 Å². The standard InChI is InChI=1S/C14H19N5O2S/c1-4-9-15-13(20)10(2)22-14-16-17-18-19(14)11-7-5-6-8-12(11)21-3/h5-8,10H,4,9H2,1-3H3,(H,15,20). The predicted molar refractivity (Wildman–Crippen MR) is 84.3 cm³/mol. The lowest BCUT2D eigenvalue weighted by Crippen LogP contribution is -2.31. The van der Waals surface area contributed by atoms with E-state index >= 15 is 0 Å². The maximum absolute atomic E-state index is 12.0. The molecule has 118 valence electrons. The number of hydrogen-bond donors (Lipinski definition) is 1. The zero-order valence-corrected chi connectivity index (χ0v) is 13.6. The maximum Gasteiger partial charge on any atom is 0.233 e. The van der Waals surface area contributed by atoms with E-state index in [9.17, 15) is 4.79 Å². The molecule has 1 heterocycles. The number of benzene rings is 1. The molecular formula is C14H19N5O2S. The summed E-state index contributed by atoms with van der Waals surface area (Å²) in [6.07, 6.45) is 0.905. The molecule has 2 rings (SSSR count). The number of rotatable bonds is 7. The molecule has 8 heteroatoms. The maximum atomic E-state index is 12.0. The molecular weight excluding hydrogens is 302 g/mol. The Morgan fingerprint density at radius 1 is 1.45 bits per heavy atom. The van der Waals surface area contributed by atoms with Crippen molar-refractivity contribution in [3.05, 3.63) is 24.3 Å². The molecule has 1 unspecified atom stereocenters. The van der Waals surface area contributed by atoms with E-state index in [4.69, 9.17) is 4.74 Å². The molecule has 1 amide bonds.